The van der Waals surface area contributed by atoms with E-state index in [1.807, 2.05) is 6.92 Å². The first-order valence-electron chi connectivity index (χ1n) is 6.49. The standard InChI is InChI=1S/C13H27NO5/c1-11(10-13(2,14)12(15)17-4)19-9-8-18-7-5-6-16-3/h11H,5-10,14H2,1-4H3. The first-order chi connectivity index (χ1) is 8.94. The van der Waals surface area contributed by atoms with Gasteiger partial charge in [0.15, 0.2) is 0 Å². The molecule has 0 aromatic rings. The molecule has 0 aliphatic rings. The molecule has 0 saturated carbocycles. The third-order valence-electron chi connectivity index (χ3n) is 2.63. The molecule has 0 heterocycles. The number of hydrogen-bond acceptors (Lipinski definition) is 6. The summed E-state index contributed by atoms with van der Waals surface area (Å²) in [5.41, 5.74) is 4.84. The lowest BCUT2D eigenvalue weighted by Crippen LogP contribution is -2.48. The molecule has 0 spiro atoms. The van der Waals surface area contributed by atoms with E-state index in [0.717, 1.165) is 6.42 Å². The summed E-state index contributed by atoms with van der Waals surface area (Å²) in [5.74, 6) is -0.432. The average molecular weight is 277 g/mol. The minimum absolute atomic E-state index is 0.128. The van der Waals surface area contributed by atoms with Crippen LogP contribution in [-0.2, 0) is 23.7 Å². The minimum atomic E-state index is -1.02. The van der Waals surface area contributed by atoms with Crippen LogP contribution in [0.15, 0.2) is 0 Å². The molecule has 0 bridgehead atoms. The van der Waals surface area contributed by atoms with Gasteiger partial charge in [0.1, 0.15) is 5.54 Å². The summed E-state index contributed by atoms with van der Waals surface area (Å²) in [6.45, 7) is 5.86. The van der Waals surface area contributed by atoms with Gasteiger partial charge in [-0.05, 0) is 20.3 Å². The highest BCUT2D eigenvalue weighted by Crippen LogP contribution is 2.13. The highest BCUT2D eigenvalue weighted by molar-refractivity contribution is 5.79. The number of esters is 1. The van der Waals surface area contributed by atoms with Gasteiger partial charge in [-0.3, -0.25) is 4.79 Å². The zero-order valence-electron chi connectivity index (χ0n) is 12.4. The molecule has 6 heteroatoms. The molecule has 0 fully saturated rings. The Morgan fingerprint density at radius 2 is 1.89 bits per heavy atom. The van der Waals surface area contributed by atoms with Crippen molar-refractivity contribution in [2.24, 2.45) is 5.73 Å². The molecule has 19 heavy (non-hydrogen) atoms. The van der Waals surface area contributed by atoms with Gasteiger partial charge >= 0.3 is 5.97 Å². The van der Waals surface area contributed by atoms with Crippen molar-refractivity contribution < 1.29 is 23.7 Å². The Morgan fingerprint density at radius 3 is 2.47 bits per heavy atom. The van der Waals surface area contributed by atoms with Gasteiger partial charge in [-0.1, -0.05) is 0 Å². The maximum Gasteiger partial charge on any atom is 0.325 e. The smallest absolute Gasteiger partial charge is 0.325 e. The van der Waals surface area contributed by atoms with Crippen molar-refractivity contribution in [1.82, 2.24) is 0 Å². The number of ether oxygens (including phenoxy) is 4. The van der Waals surface area contributed by atoms with E-state index >= 15 is 0 Å². The fourth-order valence-corrected chi connectivity index (χ4v) is 1.69. The predicted molar refractivity (Wildman–Crippen MR) is 72.0 cm³/mol. The Labute approximate surface area is 115 Å². The quantitative estimate of drug-likeness (QED) is 0.443. The van der Waals surface area contributed by atoms with E-state index in [4.69, 9.17) is 19.9 Å². The summed E-state index contributed by atoms with van der Waals surface area (Å²) in [7, 11) is 2.99. The number of nitrogens with two attached hydrogens (primary N) is 1. The number of methoxy groups -OCH3 is 2. The first-order valence-corrected chi connectivity index (χ1v) is 6.49. The zero-order chi connectivity index (χ0) is 14.7. The average Bonchev–Trinajstić information content (AvgIpc) is 2.36. The molecular weight excluding hydrogens is 250 g/mol. The lowest BCUT2D eigenvalue weighted by Gasteiger charge is -2.25. The maximum atomic E-state index is 11.4. The van der Waals surface area contributed by atoms with E-state index in [-0.39, 0.29) is 6.10 Å². The molecular formula is C13H27NO5. The first kappa shape index (κ1) is 18.3. The molecule has 0 radical (unpaired) electrons. The summed E-state index contributed by atoms with van der Waals surface area (Å²) in [4.78, 5) is 11.4. The van der Waals surface area contributed by atoms with Crippen LogP contribution >= 0.6 is 0 Å². The molecule has 2 unspecified atom stereocenters. The van der Waals surface area contributed by atoms with Crippen LogP contribution < -0.4 is 5.73 Å². The molecule has 2 atom stereocenters. The molecule has 0 aromatic heterocycles. The van der Waals surface area contributed by atoms with Crippen LogP contribution in [0.5, 0.6) is 0 Å². The van der Waals surface area contributed by atoms with Gasteiger partial charge in [-0.15, -0.1) is 0 Å². The number of carbonyl (C=O) groups is 1. The van der Waals surface area contributed by atoms with Crippen LogP contribution in [0.25, 0.3) is 0 Å². The van der Waals surface area contributed by atoms with E-state index in [0.29, 0.717) is 32.8 Å². The van der Waals surface area contributed by atoms with Crippen molar-refractivity contribution in [3.05, 3.63) is 0 Å². The highest BCUT2D eigenvalue weighted by Gasteiger charge is 2.31. The largest absolute Gasteiger partial charge is 0.468 e. The Kier molecular flexibility index (Phi) is 9.77. The Balaban J connectivity index is 3.64. The van der Waals surface area contributed by atoms with Crippen LogP contribution in [0.3, 0.4) is 0 Å². The van der Waals surface area contributed by atoms with E-state index in [9.17, 15) is 4.79 Å². The molecule has 0 saturated heterocycles. The normalized spacial score (nSPS) is 15.8. The third-order valence-corrected chi connectivity index (χ3v) is 2.63. The van der Waals surface area contributed by atoms with Gasteiger partial charge < -0.3 is 24.7 Å². The monoisotopic (exact) mass is 277 g/mol. The number of carbonyl (C=O) groups excluding carboxylic acids is 1. The van der Waals surface area contributed by atoms with Crippen LogP contribution in [-0.4, -0.2) is 58.3 Å². The van der Waals surface area contributed by atoms with Crippen LogP contribution in [0.2, 0.25) is 0 Å². The summed E-state index contributed by atoms with van der Waals surface area (Å²) in [6.07, 6.45) is 1.15. The fourth-order valence-electron chi connectivity index (χ4n) is 1.69. The van der Waals surface area contributed by atoms with E-state index in [1.54, 1.807) is 14.0 Å². The van der Waals surface area contributed by atoms with Crippen LogP contribution in [0.4, 0.5) is 0 Å². The van der Waals surface area contributed by atoms with Gasteiger partial charge in [0.2, 0.25) is 0 Å². The molecule has 6 nitrogen and oxygen atoms in total. The summed E-state index contributed by atoms with van der Waals surface area (Å²) in [6, 6.07) is 0. The van der Waals surface area contributed by atoms with Crippen molar-refractivity contribution in [1.29, 1.82) is 0 Å². The SMILES string of the molecule is COCCCOCCOC(C)CC(C)(N)C(=O)OC. The second-order valence-electron chi connectivity index (χ2n) is 4.75. The number of hydrogen-bond donors (Lipinski definition) is 1. The second kappa shape index (κ2) is 10.1. The lowest BCUT2D eigenvalue weighted by atomic mass is 9.96. The molecule has 0 aliphatic carbocycles. The fraction of sp³-hybridized carbons (Fsp3) is 0.923. The zero-order valence-corrected chi connectivity index (χ0v) is 12.4. The van der Waals surface area contributed by atoms with E-state index < -0.39 is 11.5 Å². The van der Waals surface area contributed by atoms with Crippen LogP contribution in [0, 0.1) is 0 Å². The van der Waals surface area contributed by atoms with Crippen molar-refractivity contribution >= 4 is 5.97 Å². The van der Waals surface area contributed by atoms with Gasteiger partial charge in [-0.2, -0.15) is 0 Å². The predicted octanol–water partition coefficient (Wildman–Crippen LogP) is 0.725. The van der Waals surface area contributed by atoms with Crippen molar-refractivity contribution in [3.63, 3.8) is 0 Å². The van der Waals surface area contributed by atoms with E-state index in [1.165, 1.54) is 7.11 Å². The molecule has 0 aliphatic heterocycles. The summed E-state index contributed by atoms with van der Waals surface area (Å²) in [5, 5.41) is 0. The van der Waals surface area contributed by atoms with Gasteiger partial charge in [0, 0.05) is 26.7 Å². The van der Waals surface area contributed by atoms with Crippen molar-refractivity contribution in [3.8, 4) is 0 Å². The van der Waals surface area contributed by atoms with Crippen molar-refractivity contribution in [2.45, 2.75) is 38.3 Å². The van der Waals surface area contributed by atoms with Gasteiger partial charge in [0.25, 0.3) is 0 Å². The van der Waals surface area contributed by atoms with Gasteiger partial charge in [-0.25, -0.2) is 0 Å². The van der Waals surface area contributed by atoms with Gasteiger partial charge in [0.05, 0.1) is 26.4 Å². The summed E-state index contributed by atoms with van der Waals surface area (Å²) < 4.78 is 20.4. The molecule has 0 amide bonds. The molecule has 0 aromatic carbocycles. The number of rotatable bonds is 11. The Bertz CT molecular complexity index is 245. The Hall–Kier alpha value is -0.690. The summed E-state index contributed by atoms with van der Waals surface area (Å²) >= 11 is 0. The van der Waals surface area contributed by atoms with Crippen molar-refractivity contribution in [2.75, 3.05) is 40.6 Å². The maximum absolute atomic E-state index is 11.4. The van der Waals surface area contributed by atoms with E-state index in [2.05, 4.69) is 4.74 Å². The topological polar surface area (TPSA) is 80.0 Å². The Morgan fingerprint density at radius 1 is 1.21 bits per heavy atom. The molecule has 2 N–H and O–H groups in total. The molecule has 0 rings (SSSR count). The van der Waals surface area contributed by atoms with Crippen LogP contribution in [0.1, 0.15) is 26.7 Å². The second-order valence-corrected chi connectivity index (χ2v) is 4.75. The highest BCUT2D eigenvalue weighted by atomic mass is 16.5. The lowest BCUT2D eigenvalue weighted by molar-refractivity contribution is -0.148. The third kappa shape index (κ3) is 8.93. The molecule has 114 valence electrons. The minimum Gasteiger partial charge on any atom is -0.468 e.